The quantitative estimate of drug-likeness (QED) is 0.482. The van der Waals surface area contributed by atoms with Crippen LogP contribution in [0.1, 0.15) is 6.92 Å². The molecule has 2 heterocycles. The number of carbonyl (C=O) groups is 1. The second-order valence-electron chi connectivity index (χ2n) is 6.34. The standard InChI is InChI=1S/C22H17FN4O3/c1-14(28)27(19-6-4-3-5-17(19)23)22-20(18-11-12-24-13-25-18)21(26-30-22)15-7-9-16(29-2)10-8-15/h3-13H,1-2H3. The summed E-state index contributed by atoms with van der Waals surface area (Å²) >= 11 is 0. The minimum atomic E-state index is -0.566. The number of ether oxygens (including phenoxy) is 1. The van der Waals surface area contributed by atoms with E-state index in [1.807, 2.05) is 12.1 Å². The van der Waals surface area contributed by atoms with Gasteiger partial charge in [0.1, 0.15) is 23.6 Å². The zero-order chi connectivity index (χ0) is 21.1. The lowest BCUT2D eigenvalue weighted by Crippen LogP contribution is -2.24. The largest absolute Gasteiger partial charge is 0.497 e. The van der Waals surface area contributed by atoms with Gasteiger partial charge in [-0.15, -0.1) is 0 Å². The summed E-state index contributed by atoms with van der Waals surface area (Å²) in [6.45, 7) is 1.33. The van der Waals surface area contributed by atoms with E-state index in [0.717, 1.165) is 10.5 Å². The van der Waals surface area contributed by atoms with Crippen molar-refractivity contribution in [2.45, 2.75) is 6.92 Å². The Kier molecular flexibility index (Phi) is 5.21. The van der Waals surface area contributed by atoms with Gasteiger partial charge in [-0.25, -0.2) is 19.3 Å². The summed E-state index contributed by atoms with van der Waals surface area (Å²) in [4.78, 5) is 21.9. The van der Waals surface area contributed by atoms with Gasteiger partial charge in [0.05, 0.1) is 24.1 Å². The van der Waals surface area contributed by atoms with Crippen LogP contribution in [-0.4, -0.2) is 28.1 Å². The van der Waals surface area contributed by atoms with Crippen LogP contribution in [0.5, 0.6) is 5.75 Å². The fraction of sp³-hybridized carbons (Fsp3) is 0.0909. The third kappa shape index (κ3) is 3.50. The Balaban J connectivity index is 1.95. The Bertz CT molecular complexity index is 1180. The number of nitrogens with zero attached hydrogens (tertiary/aromatic N) is 4. The van der Waals surface area contributed by atoms with E-state index < -0.39 is 11.7 Å². The number of amides is 1. The predicted molar refractivity (Wildman–Crippen MR) is 109 cm³/mol. The molecule has 7 nitrogen and oxygen atoms in total. The maximum Gasteiger partial charge on any atom is 0.248 e. The van der Waals surface area contributed by atoms with E-state index in [9.17, 15) is 9.18 Å². The first kappa shape index (κ1) is 19.3. The van der Waals surface area contributed by atoms with Crippen LogP contribution in [-0.2, 0) is 4.79 Å². The highest BCUT2D eigenvalue weighted by molar-refractivity contribution is 6.03. The molecule has 0 aliphatic carbocycles. The van der Waals surface area contributed by atoms with Crippen LogP contribution in [0.2, 0.25) is 0 Å². The van der Waals surface area contributed by atoms with Gasteiger partial charge in [0.15, 0.2) is 0 Å². The fourth-order valence-corrected chi connectivity index (χ4v) is 3.10. The summed E-state index contributed by atoms with van der Waals surface area (Å²) in [5.41, 5.74) is 2.15. The van der Waals surface area contributed by atoms with Crippen molar-refractivity contribution in [3.63, 3.8) is 0 Å². The molecule has 0 bridgehead atoms. The number of halogens is 1. The normalized spacial score (nSPS) is 10.6. The second-order valence-corrected chi connectivity index (χ2v) is 6.34. The number of benzene rings is 2. The van der Waals surface area contributed by atoms with E-state index >= 15 is 0 Å². The molecule has 2 aromatic carbocycles. The maximum absolute atomic E-state index is 14.5. The third-order valence-electron chi connectivity index (χ3n) is 4.49. The summed E-state index contributed by atoms with van der Waals surface area (Å²) < 4.78 is 25.3. The summed E-state index contributed by atoms with van der Waals surface area (Å²) in [7, 11) is 1.58. The zero-order valence-corrected chi connectivity index (χ0v) is 16.2. The minimum Gasteiger partial charge on any atom is -0.497 e. The van der Waals surface area contributed by atoms with Crippen LogP contribution in [0.3, 0.4) is 0 Å². The summed E-state index contributed by atoms with van der Waals surface area (Å²) in [5, 5.41) is 4.18. The molecule has 0 radical (unpaired) electrons. The summed E-state index contributed by atoms with van der Waals surface area (Å²) in [6.07, 6.45) is 2.95. The lowest BCUT2D eigenvalue weighted by Gasteiger charge is -2.19. The van der Waals surface area contributed by atoms with Gasteiger partial charge in [-0.1, -0.05) is 17.3 Å². The van der Waals surface area contributed by atoms with E-state index in [0.29, 0.717) is 22.7 Å². The molecule has 150 valence electrons. The number of para-hydroxylation sites is 1. The predicted octanol–water partition coefficient (Wildman–Crippen LogP) is 4.63. The number of hydrogen-bond acceptors (Lipinski definition) is 6. The highest BCUT2D eigenvalue weighted by Crippen LogP contribution is 2.42. The van der Waals surface area contributed by atoms with Gasteiger partial charge >= 0.3 is 0 Å². The molecule has 0 atom stereocenters. The summed E-state index contributed by atoms with van der Waals surface area (Å²) in [5.74, 6) is -0.253. The Morgan fingerprint density at radius 2 is 1.87 bits per heavy atom. The second kappa shape index (κ2) is 8.12. The van der Waals surface area contributed by atoms with Crippen LogP contribution in [0.15, 0.2) is 71.6 Å². The Morgan fingerprint density at radius 1 is 1.10 bits per heavy atom. The van der Waals surface area contributed by atoms with Gasteiger partial charge in [-0.05, 0) is 42.5 Å². The van der Waals surface area contributed by atoms with E-state index in [1.54, 1.807) is 43.6 Å². The number of aromatic nitrogens is 3. The lowest BCUT2D eigenvalue weighted by molar-refractivity contribution is -0.116. The first-order chi connectivity index (χ1) is 14.6. The number of methoxy groups -OCH3 is 1. The van der Waals surface area contributed by atoms with Crippen LogP contribution in [0, 0.1) is 5.82 Å². The molecule has 0 N–H and O–H groups in total. The van der Waals surface area contributed by atoms with Crippen molar-refractivity contribution in [3.05, 3.63) is 72.9 Å². The Labute approximate surface area is 171 Å². The first-order valence-corrected chi connectivity index (χ1v) is 9.06. The molecule has 4 aromatic rings. The van der Waals surface area contributed by atoms with Crippen LogP contribution >= 0.6 is 0 Å². The van der Waals surface area contributed by atoms with Crippen molar-refractivity contribution >= 4 is 17.5 Å². The number of hydrogen-bond donors (Lipinski definition) is 0. The van der Waals surface area contributed by atoms with Gasteiger partial charge < -0.3 is 9.26 Å². The van der Waals surface area contributed by atoms with Crippen molar-refractivity contribution in [3.8, 4) is 28.3 Å². The van der Waals surface area contributed by atoms with Gasteiger partial charge in [-0.2, -0.15) is 0 Å². The molecular formula is C22H17FN4O3. The summed E-state index contributed by atoms with van der Waals surface area (Å²) in [6, 6.07) is 14.8. The van der Waals surface area contributed by atoms with Crippen molar-refractivity contribution < 1.29 is 18.4 Å². The molecule has 0 aliphatic rings. The Morgan fingerprint density at radius 3 is 2.50 bits per heavy atom. The number of anilines is 2. The molecule has 2 aromatic heterocycles. The molecule has 8 heteroatoms. The molecular weight excluding hydrogens is 387 g/mol. The van der Waals surface area contributed by atoms with Crippen molar-refractivity contribution in [1.29, 1.82) is 0 Å². The third-order valence-corrected chi connectivity index (χ3v) is 4.49. The monoisotopic (exact) mass is 404 g/mol. The van der Waals surface area contributed by atoms with Crippen molar-refractivity contribution in [2.24, 2.45) is 0 Å². The van der Waals surface area contributed by atoms with Gasteiger partial charge in [0.25, 0.3) is 0 Å². The topological polar surface area (TPSA) is 81.4 Å². The van der Waals surface area contributed by atoms with Crippen LogP contribution < -0.4 is 9.64 Å². The van der Waals surface area contributed by atoms with E-state index in [2.05, 4.69) is 15.1 Å². The van der Waals surface area contributed by atoms with Gasteiger partial charge in [0.2, 0.25) is 11.8 Å². The molecule has 0 unspecified atom stereocenters. The number of carbonyl (C=O) groups excluding carboxylic acids is 1. The smallest absolute Gasteiger partial charge is 0.248 e. The molecule has 0 spiro atoms. The molecule has 0 aliphatic heterocycles. The van der Waals surface area contributed by atoms with E-state index in [4.69, 9.17) is 9.26 Å². The van der Waals surface area contributed by atoms with Crippen LogP contribution in [0.25, 0.3) is 22.5 Å². The molecule has 0 fully saturated rings. The Hall–Kier alpha value is -4.07. The minimum absolute atomic E-state index is 0.0535. The van der Waals surface area contributed by atoms with Gasteiger partial charge in [0, 0.05) is 18.7 Å². The highest BCUT2D eigenvalue weighted by atomic mass is 19.1. The van der Waals surface area contributed by atoms with Crippen molar-refractivity contribution in [2.75, 3.05) is 12.0 Å². The SMILES string of the molecule is COc1ccc(-c2noc(N(C(C)=O)c3ccccc3F)c2-c2ccncn2)cc1. The molecule has 4 rings (SSSR count). The zero-order valence-electron chi connectivity index (χ0n) is 16.2. The molecule has 1 amide bonds. The van der Waals surface area contributed by atoms with E-state index in [1.165, 1.54) is 25.4 Å². The lowest BCUT2D eigenvalue weighted by atomic mass is 10.0. The van der Waals surface area contributed by atoms with Crippen LogP contribution in [0.4, 0.5) is 16.0 Å². The molecule has 30 heavy (non-hydrogen) atoms. The molecule has 0 saturated heterocycles. The maximum atomic E-state index is 14.5. The average molecular weight is 404 g/mol. The van der Waals surface area contributed by atoms with E-state index in [-0.39, 0.29) is 11.6 Å². The van der Waals surface area contributed by atoms with Gasteiger partial charge in [-0.3, -0.25) is 4.79 Å². The first-order valence-electron chi connectivity index (χ1n) is 9.06. The highest BCUT2D eigenvalue weighted by Gasteiger charge is 2.29. The van der Waals surface area contributed by atoms with Crippen molar-refractivity contribution in [1.82, 2.24) is 15.1 Å². The number of rotatable bonds is 5. The average Bonchev–Trinajstić information content (AvgIpc) is 3.20. The molecule has 0 saturated carbocycles. The fourth-order valence-electron chi connectivity index (χ4n) is 3.10.